The first-order valence-electron chi connectivity index (χ1n) is 6.79. The molecule has 1 aromatic rings. The minimum atomic E-state index is -4.53. The number of methoxy groups -OCH3 is 1. The molecular formula is C13H20F3N5O2. The number of aliphatic imine (C=N–C) groups is 1. The van der Waals surface area contributed by atoms with Gasteiger partial charge in [0, 0.05) is 13.2 Å². The largest absolute Gasteiger partial charge is 0.432 e. The van der Waals surface area contributed by atoms with E-state index < -0.39 is 17.4 Å². The third-order valence-corrected chi connectivity index (χ3v) is 2.37. The number of anilines is 1. The smallest absolute Gasteiger partial charge is 0.384 e. The second kappa shape index (κ2) is 7.44. The molecule has 0 atom stereocenters. The Morgan fingerprint density at radius 3 is 2.52 bits per heavy atom. The summed E-state index contributed by atoms with van der Waals surface area (Å²) < 4.78 is 42.4. The van der Waals surface area contributed by atoms with E-state index in [4.69, 9.17) is 4.74 Å². The normalized spacial score (nSPS) is 13.1. The summed E-state index contributed by atoms with van der Waals surface area (Å²) in [4.78, 5) is 16.0. The first kappa shape index (κ1) is 18.9. The van der Waals surface area contributed by atoms with Crippen molar-refractivity contribution in [2.24, 2.45) is 4.99 Å². The zero-order valence-corrected chi connectivity index (χ0v) is 13.3. The van der Waals surface area contributed by atoms with Gasteiger partial charge in [0.25, 0.3) is 0 Å². The number of hydrogen-bond donors (Lipinski definition) is 3. The molecule has 0 spiro atoms. The van der Waals surface area contributed by atoms with Gasteiger partial charge in [-0.05, 0) is 20.8 Å². The molecule has 0 saturated heterocycles. The third-order valence-electron chi connectivity index (χ3n) is 2.37. The fraction of sp³-hybridized carbons (Fsp3) is 0.615. The number of nitrogens with one attached hydrogen (secondary N) is 3. The van der Waals surface area contributed by atoms with Crippen LogP contribution in [0.2, 0.25) is 0 Å². The molecule has 0 aliphatic heterocycles. The molecule has 7 nitrogen and oxygen atoms in total. The molecule has 3 N–H and O–H groups in total. The van der Waals surface area contributed by atoms with Crippen LogP contribution < -0.4 is 10.6 Å². The number of ether oxygens (including phenoxy) is 1. The van der Waals surface area contributed by atoms with Crippen molar-refractivity contribution in [3.05, 3.63) is 11.8 Å². The summed E-state index contributed by atoms with van der Waals surface area (Å²) >= 11 is 0. The van der Waals surface area contributed by atoms with Crippen LogP contribution in [0.3, 0.4) is 0 Å². The van der Waals surface area contributed by atoms with Crippen molar-refractivity contribution in [3.8, 4) is 0 Å². The van der Waals surface area contributed by atoms with E-state index in [1.54, 1.807) is 20.8 Å². The second-order valence-corrected chi connectivity index (χ2v) is 5.71. The van der Waals surface area contributed by atoms with E-state index in [2.05, 4.69) is 20.7 Å². The van der Waals surface area contributed by atoms with E-state index in [1.165, 1.54) is 7.11 Å². The molecule has 0 aliphatic rings. The third kappa shape index (κ3) is 7.13. The van der Waals surface area contributed by atoms with E-state index in [0.29, 0.717) is 0 Å². The first-order chi connectivity index (χ1) is 10.5. The molecule has 0 unspecified atom stereocenters. The lowest BCUT2D eigenvalue weighted by Gasteiger charge is -2.17. The van der Waals surface area contributed by atoms with E-state index >= 15 is 0 Å². The number of carbonyl (C=O) groups is 1. The number of aromatic amines is 1. The predicted molar refractivity (Wildman–Crippen MR) is 79.0 cm³/mol. The lowest BCUT2D eigenvalue weighted by Crippen LogP contribution is -2.38. The van der Waals surface area contributed by atoms with Gasteiger partial charge in [0.05, 0.1) is 18.6 Å². The average Bonchev–Trinajstić information content (AvgIpc) is 2.82. The highest BCUT2D eigenvalue weighted by molar-refractivity contribution is 6.03. The number of guanidine groups is 1. The Bertz CT molecular complexity index is 561. The number of hydrogen-bond acceptors (Lipinski definition) is 4. The number of carbonyl (C=O) groups excluding carboxylic acids is 1. The molecule has 0 aromatic carbocycles. The zero-order chi connectivity index (χ0) is 17.7. The summed E-state index contributed by atoms with van der Waals surface area (Å²) in [6.07, 6.45) is -4.44. The zero-order valence-electron chi connectivity index (χ0n) is 13.3. The van der Waals surface area contributed by atoms with Crippen LogP contribution in [-0.2, 0) is 15.7 Å². The summed E-state index contributed by atoms with van der Waals surface area (Å²) in [5.41, 5.74) is -1.55. The summed E-state index contributed by atoms with van der Waals surface area (Å²) in [6.45, 7) is 5.56. The number of rotatable bonds is 4. The predicted octanol–water partition coefficient (Wildman–Crippen LogP) is 2.15. The second-order valence-electron chi connectivity index (χ2n) is 5.71. The van der Waals surface area contributed by atoms with Crippen molar-refractivity contribution in [1.29, 1.82) is 0 Å². The van der Waals surface area contributed by atoms with Gasteiger partial charge in [-0.3, -0.25) is 15.2 Å². The Labute approximate surface area is 131 Å². The number of nitrogens with zero attached hydrogens (tertiary/aromatic N) is 2. The van der Waals surface area contributed by atoms with Crippen molar-refractivity contribution in [2.45, 2.75) is 38.9 Å². The van der Waals surface area contributed by atoms with Gasteiger partial charge < -0.3 is 10.1 Å². The molecule has 1 amide bonds. The maximum absolute atomic E-state index is 12.5. The Hall–Kier alpha value is -2.10. The Balaban J connectivity index is 2.87. The number of alkyl halides is 3. The van der Waals surface area contributed by atoms with Crippen LogP contribution in [-0.4, -0.2) is 41.3 Å². The minimum Gasteiger partial charge on any atom is -0.384 e. The molecule has 1 aromatic heterocycles. The number of halogens is 3. The topological polar surface area (TPSA) is 91.4 Å². The Morgan fingerprint density at radius 2 is 2.04 bits per heavy atom. The summed E-state index contributed by atoms with van der Waals surface area (Å²) in [7, 11) is 1.46. The lowest BCUT2D eigenvalue weighted by atomic mass is 10.1. The van der Waals surface area contributed by atoms with Gasteiger partial charge >= 0.3 is 6.18 Å². The molecule has 0 radical (unpaired) electrons. The van der Waals surface area contributed by atoms with Crippen LogP contribution in [0.5, 0.6) is 0 Å². The maximum atomic E-state index is 12.5. The molecule has 1 rings (SSSR count). The van der Waals surface area contributed by atoms with Crippen molar-refractivity contribution in [1.82, 2.24) is 15.5 Å². The van der Waals surface area contributed by atoms with Crippen LogP contribution in [0.25, 0.3) is 0 Å². The highest BCUT2D eigenvalue weighted by atomic mass is 19.4. The molecule has 23 heavy (non-hydrogen) atoms. The van der Waals surface area contributed by atoms with Crippen molar-refractivity contribution >= 4 is 17.7 Å². The van der Waals surface area contributed by atoms with Crippen LogP contribution in [0, 0.1) is 0 Å². The molecular weight excluding hydrogens is 315 g/mol. The maximum Gasteiger partial charge on any atom is 0.432 e. The Morgan fingerprint density at radius 1 is 1.39 bits per heavy atom. The average molecular weight is 335 g/mol. The van der Waals surface area contributed by atoms with E-state index in [9.17, 15) is 18.0 Å². The molecule has 0 fully saturated rings. The van der Waals surface area contributed by atoms with E-state index in [-0.39, 0.29) is 30.7 Å². The first-order valence-corrected chi connectivity index (χ1v) is 6.79. The molecule has 0 saturated carbocycles. The van der Waals surface area contributed by atoms with Crippen molar-refractivity contribution in [2.75, 3.05) is 19.0 Å². The molecule has 130 valence electrons. The van der Waals surface area contributed by atoms with E-state index in [1.807, 2.05) is 5.10 Å². The highest BCUT2D eigenvalue weighted by Crippen LogP contribution is 2.28. The summed E-state index contributed by atoms with van der Waals surface area (Å²) in [6, 6.07) is 0.791. The minimum absolute atomic E-state index is 0.0128. The van der Waals surface area contributed by atoms with E-state index in [0.717, 1.165) is 6.07 Å². The van der Waals surface area contributed by atoms with Gasteiger partial charge in [-0.15, -0.1) is 0 Å². The fourth-order valence-electron chi connectivity index (χ4n) is 1.46. The van der Waals surface area contributed by atoms with Crippen LogP contribution in [0.15, 0.2) is 11.1 Å². The molecule has 0 aliphatic carbocycles. The van der Waals surface area contributed by atoms with Gasteiger partial charge in [0.1, 0.15) is 5.69 Å². The molecule has 0 bridgehead atoms. The van der Waals surface area contributed by atoms with Gasteiger partial charge in [0.15, 0.2) is 5.82 Å². The standard InChI is InChI=1S/C13H20F3N5O2/c1-12(2,3)19-11(18-10(22)5-6-23-4)17-9-7-8(20-21-9)13(14,15)16/h7H,5-6H2,1-4H3,(H3,17,18,19,20,21,22). The van der Waals surface area contributed by atoms with Gasteiger partial charge in [-0.1, -0.05) is 0 Å². The van der Waals surface area contributed by atoms with Gasteiger partial charge in [0.2, 0.25) is 11.9 Å². The van der Waals surface area contributed by atoms with Gasteiger partial charge in [-0.2, -0.15) is 18.3 Å². The molecule has 1 heterocycles. The highest BCUT2D eigenvalue weighted by Gasteiger charge is 2.33. The Kier molecular flexibility index (Phi) is 6.13. The monoisotopic (exact) mass is 335 g/mol. The van der Waals surface area contributed by atoms with Gasteiger partial charge in [-0.25, -0.2) is 4.99 Å². The van der Waals surface area contributed by atoms with Crippen molar-refractivity contribution < 1.29 is 22.7 Å². The van der Waals surface area contributed by atoms with Crippen LogP contribution in [0.1, 0.15) is 32.9 Å². The van der Waals surface area contributed by atoms with Crippen LogP contribution in [0.4, 0.5) is 19.0 Å². The molecule has 10 heteroatoms. The number of H-pyrrole nitrogens is 1. The quantitative estimate of drug-likeness (QED) is 0.581. The fourth-order valence-corrected chi connectivity index (χ4v) is 1.46. The SMILES string of the molecule is COCCC(=O)NC(=NC(C)(C)C)Nc1cc(C(F)(F)F)[nH]n1. The summed E-state index contributed by atoms with van der Waals surface area (Å²) in [5, 5.41) is 10.4. The summed E-state index contributed by atoms with van der Waals surface area (Å²) in [5.74, 6) is -0.472. The van der Waals surface area contributed by atoms with Crippen molar-refractivity contribution in [3.63, 3.8) is 0 Å². The number of aromatic nitrogens is 2. The van der Waals surface area contributed by atoms with Crippen LogP contribution >= 0.6 is 0 Å². The lowest BCUT2D eigenvalue weighted by molar-refractivity contribution is -0.141. The number of amides is 1.